The molecule has 3 rings (SSSR count). The number of rotatable bonds is 6. The lowest BCUT2D eigenvalue weighted by Crippen LogP contribution is -3.13. The van der Waals surface area contributed by atoms with Gasteiger partial charge in [-0.25, -0.2) is 0 Å². The molecule has 0 bridgehead atoms. The fraction of sp³-hybridized carbons (Fsp3) is 0.435. The molecule has 0 unspecified atom stereocenters. The molecule has 162 valence electrons. The average Bonchev–Trinajstić information content (AvgIpc) is 2.76. The van der Waals surface area contributed by atoms with Crippen molar-refractivity contribution in [1.82, 2.24) is 4.90 Å². The molecule has 1 aliphatic heterocycles. The average molecular weight is 431 g/mol. The van der Waals surface area contributed by atoms with E-state index in [1.165, 1.54) is 16.0 Å². The third kappa shape index (κ3) is 4.96. The van der Waals surface area contributed by atoms with Crippen molar-refractivity contribution in [3.8, 4) is 17.2 Å². The Morgan fingerprint density at radius 2 is 1.70 bits per heavy atom. The topological polar surface area (TPSA) is 47.4 Å². The van der Waals surface area contributed by atoms with E-state index in [9.17, 15) is 0 Å². The number of piperazine rings is 1. The lowest BCUT2D eigenvalue weighted by atomic mass is 10.1. The third-order valence-corrected chi connectivity index (χ3v) is 5.98. The smallest absolute Gasteiger partial charge is 0.203 e. The summed E-state index contributed by atoms with van der Waals surface area (Å²) in [5.74, 6) is 2.08. The molecule has 0 aliphatic carbocycles. The number of anilines is 1. The highest BCUT2D eigenvalue weighted by molar-refractivity contribution is 7.80. The summed E-state index contributed by atoms with van der Waals surface area (Å²) >= 11 is 5.68. The van der Waals surface area contributed by atoms with Crippen molar-refractivity contribution in [3.63, 3.8) is 0 Å². The third-order valence-electron chi connectivity index (χ3n) is 5.62. The van der Waals surface area contributed by atoms with Gasteiger partial charge in [-0.3, -0.25) is 0 Å². The molecule has 2 aromatic carbocycles. The van der Waals surface area contributed by atoms with Crippen molar-refractivity contribution in [2.24, 2.45) is 0 Å². The molecular weight excluding hydrogens is 398 g/mol. The van der Waals surface area contributed by atoms with E-state index in [1.807, 2.05) is 6.07 Å². The number of hydrogen-bond acceptors (Lipinski definition) is 4. The van der Waals surface area contributed by atoms with Gasteiger partial charge in [0.25, 0.3) is 0 Å². The van der Waals surface area contributed by atoms with Crippen molar-refractivity contribution < 1.29 is 19.1 Å². The van der Waals surface area contributed by atoms with Crippen LogP contribution in [0.3, 0.4) is 0 Å². The number of hydrogen-bond donors (Lipinski definition) is 2. The summed E-state index contributed by atoms with van der Waals surface area (Å²) in [6, 6.07) is 10.4. The second kappa shape index (κ2) is 10.00. The Balaban J connectivity index is 1.61. The highest BCUT2D eigenvalue weighted by atomic mass is 32.1. The lowest BCUT2D eigenvalue weighted by Gasteiger charge is -2.34. The van der Waals surface area contributed by atoms with E-state index in [4.69, 9.17) is 26.4 Å². The van der Waals surface area contributed by atoms with Crippen LogP contribution in [0.15, 0.2) is 30.3 Å². The second-order valence-electron chi connectivity index (χ2n) is 7.66. The minimum absolute atomic E-state index is 0.648. The Morgan fingerprint density at radius 3 is 2.33 bits per heavy atom. The van der Waals surface area contributed by atoms with Crippen LogP contribution < -0.4 is 24.4 Å². The van der Waals surface area contributed by atoms with E-state index < -0.39 is 0 Å². The summed E-state index contributed by atoms with van der Waals surface area (Å²) in [4.78, 5) is 3.75. The zero-order valence-corrected chi connectivity index (χ0v) is 19.3. The van der Waals surface area contributed by atoms with Gasteiger partial charge in [0.15, 0.2) is 16.6 Å². The molecule has 2 N–H and O–H groups in total. The summed E-state index contributed by atoms with van der Waals surface area (Å²) < 4.78 is 16.5. The van der Waals surface area contributed by atoms with Crippen LogP contribution in [0.2, 0.25) is 0 Å². The Labute approximate surface area is 184 Å². The van der Waals surface area contributed by atoms with Gasteiger partial charge in [-0.05, 0) is 55.4 Å². The maximum absolute atomic E-state index is 5.68. The minimum atomic E-state index is 0.648. The Hall–Kier alpha value is -2.51. The fourth-order valence-electron chi connectivity index (χ4n) is 3.84. The van der Waals surface area contributed by atoms with Gasteiger partial charge in [-0.2, -0.15) is 0 Å². The first-order chi connectivity index (χ1) is 14.5. The van der Waals surface area contributed by atoms with E-state index in [-0.39, 0.29) is 0 Å². The van der Waals surface area contributed by atoms with Crippen LogP contribution in [0, 0.1) is 13.8 Å². The first-order valence-electron chi connectivity index (χ1n) is 10.2. The largest absolute Gasteiger partial charge is 0.493 e. The van der Waals surface area contributed by atoms with Crippen LogP contribution in [0.1, 0.15) is 16.7 Å². The van der Waals surface area contributed by atoms with Gasteiger partial charge in [0.05, 0.1) is 53.1 Å². The number of ether oxygens (including phenoxy) is 3. The molecule has 0 saturated carbocycles. The summed E-state index contributed by atoms with van der Waals surface area (Å²) in [7, 11) is 4.95. The molecule has 2 aromatic rings. The first kappa shape index (κ1) is 22.2. The maximum atomic E-state index is 5.68. The Bertz CT molecular complexity index is 896. The van der Waals surface area contributed by atoms with Gasteiger partial charge in [0.1, 0.15) is 6.54 Å². The fourth-order valence-corrected chi connectivity index (χ4v) is 4.13. The molecule has 0 radical (unpaired) electrons. The number of aryl methyl sites for hydroxylation is 2. The Morgan fingerprint density at radius 1 is 1.00 bits per heavy atom. The highest BCUT2D eigenvalue weighted by Crippen LogP contribution is 2.39. The molecule has 1 aliphatic rings. The number of methoxy groups -OCH3 is 3. The van der Waals surface area contributed by atoms with Gasteiger partial charge in [-0.1, -0.05) is 12.1 Å². The van der Waals surface area contributed by atoms with Crippen LogP contribution >= 0.6 is 12.2 Å². The SMILES string of the molecule is COc1ccc(C[NH+]2CCN(C(=S)Nc3cc(C)ccc3C)CC2)c(OC)c1OC. The van der Waals surface area contributed by atoms with Gasteiger partial charge < -0.3 is 29.3 Å². The molecule has 1 heterocycles. The molecule has 0 atom stereocenters. The summed E-state index contributed by atoms with van der Waals surface area (Å²) in [6.07, 6.45) is 0. The van der Waals surface area contributed by atoms with Gasteiger partial charge in [-0.15, -0.1) is 0 Å². The number of nitrogens with one attached hydrogen (secondary N) is 2. The molecular formula is C23H32N3O3S+. The van der Waals surface area contributed by atoms with E-state index in [2.05, 4.69) is 48.3 Å². The maximum Gasteiger partial charge on any atom is 0.203 e. The van der Waals surface area contributed by atoms with Crippen molar-refractivity contribution in [2.75, 3.05) is 52.8 Å². The number of nitrogens with zero attached hydrogens (tertiary/aromatic N) is 1. The number of thiocarbonyl (C=S) groups is 1. The van der Waals surface area contributed by atoms with Crippen molar-refractivity contribution in [3.05, 3.63) is 47.0 Å². The van der Waals surface area contributed by atoms with Crippen molar-refractivity contribution in [2.45, 2.75) is 20.4 Å². The molecule has 0 spiro atoms. The monoisotopic (exact) mass is 430 g/mol. The van der Waals surface area contributed by atoms with Gasteiger partial charge in [0, 0.05) is 5.69 Å². The van der Waals surface area contributed by atoms with E-state index in [0.717, 1.165) is 54.8 Å². The lowest BCUT2D eigenvalue weighted by molar-refractivity contribution is -0.917. The standard InChI is InChI=1S/C23H31N3O3S/c1-16-6-7-17(2)19(14-16)24-23(30)26-12-10-25(11-13-26)15-18-8-9-20(27-3)22(29-5)21(18)28-4/h6-9,14H,10-13,15H2,1-5H3,(H,24,30)/p+1. The first-order valence-corrected chi connectivity index (χ1v) is 10.6. The number of benzene rings is 2. The quantitative estimate of drug-likeness (QED) is 0.687. The molecule has 1 fully saturated rings. The second-order valence-corrected chi connectivity index (χ2v) is 8.04. The normalized spacial score (nSPS) is 14.4. The van der Waals surface area contributed by atoms with Crippen molar-refractivity contribution in [1.29, 1.82) is 0 Å². The predicted octanol–water partition coefficient (Wildman–Crippen LogP) is 2.43. The van der Waals surface area contributed by atoms with Crippen LogP contribution in [0.5, 0.6) is 17.2 Å². The molecule has 1 saturated heterocycles. The number of quaternary nitrogens is 1. The summed E-state index contributed by atoms with van der Waals surface area (Å²) in [5.41, 5.74) is 4.64. The van der Waals surface area contributed by atoms with Crippen LogP contribution in [0.25, 0.3) is 0 Å². The molecule has 0 aromatic heterocycles. The van der Waals surface area contributed by atoms with Gasteiger partial charge in [0.2, 0.25) is 5.75 Å². The summed E-state index contributed by atoms with van der Waals surface area (Å²) in [6.45, 7) is 8.91. The van der Waals surface area contributed by atoms with Crippen LogP contribution in [0.4, 0.5) is 5.69 Å². The van der Waals surface area contributed by atoms with Gasteiger partial charge >= 0.3 is 0 Å². The Kier molecular flexibility index (Phi) is 7.39. The zero-order chi connectivity index (χ0) is 21.7. The van der Waals surface area contributed by atoms with E-state index in [1.54, 1.807) is 21.3 Å². The molecule has 6 nitrogen and oxygen atoms in total. The van der Waals surface area contributed by atoms with E-state index >= 15 is 0 Å². The molecule has 0 amide bonds. The predicted molar refractivity (Wildman–Crippen MR) is 124 cm³/mol. The highest BCUT2D eigenvalue weighted by Gasteiger charge is 2.25. The van der Waals surface area contributed by atoms with Crippen LogP contribution in [-0.4, -0.2) is 57.5 Å². The molecule has 7 heteroatoms. The zero-order valence-electron chi connectivity index (χ0n) is 18.5. The summed E-state index contributed by atoms with van der Waals surface area (Å²) in [5, 5.41) is 4.23. The minimum Gasteiger partial charge on any atom is -0.493 e. The molecule has 30 heavy (non-hydrogen) atoms. The van der Waals surface area contributed by atoms with Crippen LogP contribution in [-0.2, 0) is 6.54 Å². The van der Waals surface area contributed by atoms with E-state index in [0.29, 0.717) is 11.5 Å². The van der Waals surface area contributed by atoms with Crippen molar-refractivity contribution >= 4 is 23.0 Å².